The molecule has 1 aromatic heterocycles. The van der Waals surface area contributed by atoms with Gasteiger partial charge in [0.15, 0.2) is 0 Å². The second kappa shape index (κ2) is 6.49. The molecule has 1 aromatic rings. The highest BCUT2D eigenvalue weighted by Gasteiger charge is 2.19. The number of carbonyl (C=O) groups excluding carboxylic acids is 1. The van der Waals surface area contributed by atoms with Gasteiger partial charge in [-0.05, 0) is 26.0 Å². The number of likely N-dealkylation sites (tertiary alicyclic amines) is 1. The maximum absolute atomic E-state index is 12.0. The zero-order chi connectivity index (χ0) is 13.7. The standard InChI is InChI=1S/C13H21N5O/c1-17(10-12(19)18-7-2-3-8-18)9-11-5-4-6-15-13(11)16-14/h4-6H,2-3,7-10,14H2,1H3,(H,15,16). The maximum atomic E-state index is 12.0. The molecule has 1 saturated heterocycles. The third-order valence-electron chi connectivity index (χ3n) is 3.33. The second-order valence-electron chi connectivity index (χ2n) is 4.92. The van der Waals surface area contributed by atoms with Crippen LogP contribution in [0.2, 0.25) is 0 Å². The Hall–Kier alpha value is -1.66. The molecular weight excluding hydrogens is 242 g/mol. The zero-order valence-electron chi connectivity index (χ0n) is 11.3. The van der Waals surface area contributed by atoms with E-state index in [1.54, 1.807) is 6.20 Å². The van der Waals surface area contributed by atoms with Crippen molar-refractivity contribution in [3.8, 4) is 0 Å². The molecule has 1 fully saturated rings. The molecule has 0 saturated carbocycles. The summed E-state index contributed by atoms with van der Waals surface area (Å²) in [5.74, 6) is 6.28. The van der Waals surface area contributed by atoms with E-state index in [0.29, 0.717) is 18.9 Å². The summed E-state index contributed by atoms with van der Waals surface area (Å²) in [6.07, 6.45) is 3.94. The van der Waals surface area contributed by atoms with Crippen LogP contribution in [-0.4, -0.2) is 47.4 Å². The Morgan fingerprint density at radius 2 is 2.26 bits per heavy atom. The molecule has 0 spiro atoms. The van der Waals surface area contributed by atoms with Crippen LogP contribution in [0.1, 0.15) is 18.4 Å². The first-order valence-corrected chi connectivity index (χ1v) is 6.57. The third-order valence-corrected chi connectivity index (χ3v) is 3.33. The highest BCUT2D eigenvalue weighted by atomic mass is 16.2. The van der Waals surface area contributed by atoms with Gasteiger partial charge in [-0.15, -0.1) is 0 Å². The van der Waals surface area contributed by atoms with E-state index >= 15 is 0 Å². The summed E-state index contributed by atoms with van der Waals surface area (Å²) in [6.45, 7) is 2.87. The van der Waals surface area contributed by atoms with Crippen LogP contribution in [0.15, 0.2) is 18.3 Å². The predicted octanol–water partition coefficient (Wildman–Crippen LogP) is 0.421. The molecule has 1 amide bonds. The normalized spacial score (nSPS) is 15.0. The van der Waals surface area contributed by atoms with Crippen molar-refractivity contribution < 1.29 is 4.79 Å². The van der Waals surface area contributed by atoms with Crippen LogP contribution in [0.4, 0.5) is 5.82 Å². The number of nitrogens with one attached hydrogen (secondary N) is 1. The van der Waals surface area contributed by atoms with Gasteiger partial charge >= 0.3 is 0 Å². The van der Waals surface area contributed by atoms with Gasteiger partial charge in [0.05, 0.1) is 6.54 Å². The number of nitrogen functional groups attached to an aromatic ring is 1. The number of pyridine rings is 1. The van der Waals surface area contributed by atoms with E-state index in [4.69, 9.17) is 5.84 Å². The van der Waals surface area contributed by atoms with Crippen LogP contribution in [0.5, 0.6) is 0 Å². The first kappa shape index (κ1) is 13.8. The van der Waals surface area contributed by atoms with Crippen LogP contribution in [0.3, 0.4) is 0 Å². The van der Waals surface area contributed by atoms with Gasteiger partial charge in [-0.1, -0.05) is 6.07 Å². The number of anilines is 1. The topological polar surface area (TPSA) is 74.5 Å². The number of hydrazine groups is 1. The van der Waals surface area contributed by atoms with Gasteiger partial charge in [-0.3, -0.25) is 9.69 Å². The lowest BCUT2D eigenvalue weighted by molar-refractivity contribution is -0.131. The lowest BCUT2D eigenvalue weighted by Crippen LogP contribution is -2.37. The van der Waals surface area contributed by atoms with Crippen molar-refractivity contribution in [1.29, 1.82) is 0 Å². The Kier molecular flexibility index (Phi) is 4.70. The summed E-state index contributed by atoms with van der Waals surface area (Å²) in [5, 5.41) is 0. The minimum absolute atomic E-state index is 0.200. The van der Waals surface area contributed by atoms with Crippen LogP contribution >= 0.6 is 0 Å². The summed E-state index contributed by atoms with van der Waals surface area (Å²) >= 11 is 0. The number of aromatic nitrogens is 1. The molecule has 2 heterocycles. The number of likely N-dealkylation sites (N-methyl/N-ethyl adjacent to an activating group) is 1. The summed E-state index contributed by atoms with van der Waals surface area (Å²) in [7, 11) is 1.93. The molecule has 3 N–H and O–H groups in total. The van der Waals surface area contributed by atoms with Crippen molar-refractivity contribution in [3.05, 3.63) is 23.9 Å². The minimum Gasteiger partial charge on any atom is -0.342 e. The molecule has 1 aliphatic heterocycles. The van der Waals surface area contributed by atoms with E-state index in [2.05, 4.69) is 10.4 Å². The fourth-order valence-corrected chi connectivity index (χ4v) is 2.34. The van der Waals surface area contributed by atoms with Gasteiger partial charge in [0.25, 0.3) is 0 Å². The summed E-state index contributed by atoms with van der Waals surface area (Å²) in [6, 6.07) is 3.82. The number of nitrogens with zero attached hydrogens (tertiary/aromatic N) is 3. The van der Waals surface area contributed by atoms with Crippen molar-refractivity contribution in [2.24, 2.45) is 5.84 Å². The van der Waals surface area contributed by atoms with E-state index in [-0.39, 0.29) is 5.91 Å². The fourth-order valence-electron chi connectivity index (χ4n) is 2.34. The second-order valence-corrected chi connectivity index (χ2v) is 4.92. The molecule has 1 aliphatic rings. The molecule has 6 nitrogen and oxygen atoms in total. The Labute approximate surface area is 113 Å². The predicted molar refractivity (Wildman–Crippen MR) is 74.2 cm³/mol. The Bertz CT molecular complexity index is 431. The molecule has 6 heteroatoms. The lowest BCUT2D eigenvalue weighted by atomic mass is 10.2. The van der Waals surface area contributed by atoms with E-state index in [0.717, 1.165) is 31.5 Å². The molecule has 19 heavy (non-hydrogen) atoms. The highest BCUT2D eigenvalue weighted by Crippen LogP contribution is 2.13. The summed E-state index contributed by atoms with van der Waals surface area (Å²) in [4.78, 5) is 20.1. The molecular formula is C13H21N5O. The molecule has 0 unspecified atom stereocenters. The molecule has 104 valence electrons. The quantitative estimate of drug-likeness (QED) is 0.595. The SMILES string of the molecule is CN(CC(=O)N1CCCC1)Cc1cccnc1NN. The van der Waals surface area contributed by atoms with Crippen molar-refractivity contribution in [2.75, 3.05) is 32.1 Å². The number of hydrogen-bond acceptors (Lipinski definition) is 5. The number of rotatable bonds is 5. The molecule has 0 aliphatic carbocycles. The monoisotopic (exact) mass is 263 g/mol. The maximum Gasteiger partial charge on any atom is 0.236 e. The van der Waals surface area contributed by atoms with Crippen LogP contribution in [0.25, 0.3) is 0 Å². The van der Waals surface area contributed by atoms with Crippen molar-refractivity contribution >= 4 is 11.7 Å². The lowest BCUT2D eigenvalue weighted by Gasteiger charge is -2.21. The number of amides is 1. The van der Waals surface area contributed by atoms with Gasteiger partial charge in [0.1, 0.15) is 5.82 Å². The number of nitrogens with two attached hydrogens (primary N) is 1. The average molecular weight is 263 g/mol. The van der Waals surface area contributed by atoms with Gasteiger partial charge in [-0.2, -0.15) is 0 Å². The smallest absolute Gasteiger partial charge is 0.236 e. The number of carbonyl (C=O) groups is 1. The first-order chi connectivity index (χ1) is 9.20. The number of hydrogen-bond donors (Lipinski definition) is 2. The van der Waals surface area contributed by atoms with Crippen molar-refractivity contribution in [3.63, 3.8) is 0 Å². The van der Waals surface area contributed by atoms with Crippen LogP contribution in [0, 0.1) is 0 Å². The van der Waals surface area contributed by atoms with Crippen molar-refractivity contribution in [1.82, 2.24) is 14.8 Å². The van der Waals surface area contributed by atoms with E-state index in [9.17, 15) is 4.79 Å². The van der Waals surface area contributed by atoms with Gasteiger partial charge in [0.2, 0.25) is 5.91 Å². The van der Waals surface area contributed by atoms with Gasteiger partial charge < -0.3 is 10.3 Å². The average Bonchev–Trinajstić information content (AvgIpc) is 2.93. The largest absolute Gasteiger partial charge is 0.342 e. The van der Waals surface area contributed by atoms with E-state index in [1.165, 1.54) is 0 Å². The molecule has 0 aromatic carbocycles. The molecule has 0 atom stereocenters. The molecule has 0 bridgehead atoms. The van der Waals surface area contributed by atoms with Crippen molar-refractivity contribution in [2.45, 2.75) is 19.4 Å². The summed E-state index contributed by atoms with van der Waals surface area (Å²) in [5.41, 5.74) is 3.56. The Morgan fingerprint density at radius 3 is 2.95 bits per heavy atom. The molecule has 0 radical (unpaired) electrons. The van der Waals surface area contributed by atoms with E-state index in [1.807, 2.05) is 29.0 Å². The molecule has 2 rings (SSSR count). The van der Waals surface area contributed by atoms with Gasteiger partial charge in [-0.25, -0.2) is 10.8 Å². The Balaban J connectivity index is 1.89. The summed E-state index contributed by atoms with van der Waals surface area (Å²) < 4.78 is 0. The fraction of sp³-hybridized carbons (Fsp3) is 0.538. The van der Waals surface area contributed by atoms with E-state index < -0.39 is 0 Å². The Morgan fingerprint density at radius 1 is 1.53 bits per heavy atom. The van der Waals surface area contributed by atoms with Gasteiger partial charge in [0, 0.05) is 31.4 Å². The zero-order valence-corrected chi connectivity index (χ0v) is 11.3. The van der Waals surface area contributed by atoms with Crippen LogP contribution in [-0.2, 0) is 11.3 Å². The highest BCUT2D eigenvalue weighted by molar-refractivity contribution is 5.78. The first-order valence-electron chi connectivity index (χ1n) is 6.57. The third kappa shape index (κ3) is 3.65. The minimum atomic E-state index is 0.200. The van der Waals surface area contributed by atoms with Crippen LogP contribution < -0.4 is 11.3 Å².